The second kappa shape index (κ2) is 16.3. The Balaban J connectivity index is 1.14. The van der Waals surface area contributed by atoms with Crippen molar-refractivity contribution in [3.63, 3.8) is 0 Å². The summed E-state index contributed by atoms with van der Waals surface area (Å²) in [7, 11) is 2.56. The largest absolute Gasteiger partial charge is 0.453 e. The van der Waals surface area contributed by atoms with E-state index in [0.29, 0.717) is 24.7 Å². The number of amides is 4. The summed E-state index contributed by atoms with van der Waals surface area (Å²) in [6.07, 6.45) is 1.91. The van der Waals surface area contributed by atoms with E-state index in [1.165, 1.54) is 14.2 Å². The Kier molecular flexibility index (Phi) is 11.4. The average Bonchev–Trinajstić information content (AvgIpc) is 3.98. The van der Waals surface area contributed by atoms with Crippen molar-refractivity contribution in [2.75, 3.05) is 27.3 Å². The van der Waals surface area contributed by atoms with Crippen LogP contribution in [0.25, 0.3) is 22.1 Å². The standard InChI is InChI=1S/C40H46N8O6/c1-23(2)33(45-39(51)53-5)37(49)47-19-9-13-31(47)35-41-27-17-15-25(21-29(27)43-35)11-7-8-12-26-16-18-28-30(22-26)44-36(42-28)32-14-10-20-48(32)38(50)34(24(3)4)46-40(52)54-6/h15-18,21-24,31-34H,9-10,13-14,19-20H2,1-6H3,(H,41,43)(H,42,44)(H,45,51)(H,46,52)/t31?,32?,33-,34-/m0/s1. The van der Waals surface area contributed by atoms with Crippen molar-refractivity contribution in [2.24, 2.45) is 11.8 Å². The highest BCUT2D eigenvalue weighted by atomic mass is 16.5. The first-order valence-electron chi connectivity index (χ1n) is 18.3. The number of carbonyl (C=O) groups is 4. The number of carbonyl (C=O) groups excluding carboxylic acids is 4. The van der Waals surface area contributed by atoms with Crippen LogP contribution < -0.4 is 10.6 Å². The van der Waals surface area contributed by atoms with E-state index in [0.717, 1.165) is 58.9 Å². The van der Waals surface area contributed by atoms with Gasteiger partial charge in [-0.2, -0.15) is 0 Å². The lowest BCUT2D eigenvalue weighted by atomic mass is 10.0. The summed E-state index contributed by atoms with van der Waals surface area (Å²) >= 11 is 0. The number of imidazole rings is 2. The van der Waals surface area contributed by atoms with Gasteiger partial charge in [-0.15, -0.1) is 0 Å². The molecule has 4 atom stereocenters. The van der Waals surface area contributed by atoms with Crippen molar-refractivity contribution >= 4 is 46.1 Å². The van der Waals surface area contributed by atoms with Gasteiger partial charge in [0.05, 0.1) is 48.4 Å². The topological polar surface area (TPSA) is 175 Å². The predicted molar refractivity (Wildman–Crippen MR) is 202 cm³/mol. The first-order valence-corrected chi connectivity index (χ1v) is 18.3. The minimum Gasteiger partial charge on any atom is -0.453 e. The molecule has 0 saturated carbocycles. The molecule has 4 amide bonds. The highest BCUT2D eigenvalue weighted by Gasteiger charge is 2.39. The number of nitrogens with zero attached hydrogens (tertiary/aromatic N) is 4. The van der Waals surface area contributed by atoms with Gasteiger partial charge in [-0.25, -0.2) is 19.6 Å². The Morgan fingerprint density at radius 3 is 1.48 bits per heavy atom. The second-order valence-corrected chi connectivity index (χ2v) is 14.3. The van der Waals surface area contributed by atoms with Crippen LogP contribution in [-0.4, -0.2) is 93.1 Å². The molecule has 2 aliphatic heterocycles. The Bertz CT molecular complexity index is 2030. The zero-order valence-corrected chi connectivity index (χ0v) is 31.4. The number of fused-ring (bicyclic) bond motifs is 2. The summed E-state index contributed by atoms with van der Waals surface area (Å²) in [4.78, 5) is 70.8. The molecule has 2 saturated heterocycles. The van der Waals surface area contributed by atoms with Crippen molar-refractivity contribution in [3.8, 4) is 23.7 Å². The van der Waals surface area contributed by atoms with E-state index in [4.69, 9.17) is 19.4 Å². The van der Waals surface area contributed by atoms with Crippen LogP contribution in [0.1, 0.15) is 88.2 Å². The Morgan fingerprint density at radius 1 is 0.704 bits per heavy atom. The summed E-state index contributed by atoms with van der Waals surface area (Å²) in [6.45, 7) is 8.71. The first kappa shape index (κ1) is 37.7. The minimum atomic E-state index is -0.703. The van der Waals surface area contributed by atoms with Crippen LogP contribution in [-0.2, 0) is 19.1 Å². The number of H-pyrrole nitrogens is 2. The van der Waals surface area contributed by atoms with E-state index in [1.807, 2.05) is 64.1 Å². The van der Waals surface area contributed by atoms with Gasteiger partial charge < -0.3 is 39.9 Å². The molecule has 4 heterocycles. The number of methoxy groups -OCH3 is 2. The average molecular weight is 735 g/mol. The molecular weight excluding hydrogens is 688 g/mol. The van der Waals surface area contributed by atoms with Crippen molar-refractivity contribution in [2.45, 2.75) is 77.5 Å². The fraction of sp³-hybridized carbons (Fsp3) is 0.450. The van der Waals surface area contributed by atoms with E-state index in [9.17, 15) is 19.2 Å². The van der Waals surface area contributed by atoms with Gasteiger partial charge in [0.2, 0.25) is 11.8 Å². The van der Waals surface area contributed by atoms with Gasteiger partial charge in [-0.3, -0.25) is 9.59 Å². The van der Waals surface area contributed by atoms with Crippen LogP contribution in [0, 0.1) is 35.5 Å². The molecule has 0 spiro atoms. The summed E-state index contributed by atoms with van der Waals surface area (Å²) in [5, 5.41) is 5.36. The van der Waals surface area contributed by atoms with Gasteiger partial charge in [0.15, 0.2) is 0 Å². The van der Waals surface area contributed by atoms with Crippen LogP contribution in [0.3, 0.4) is 0 Å². The van der Waals surface area contributed by atoms with Crippen LogP contribution in [0.4, 0.5) is 9.59 Å². The number of nitrogens with one attached hydrogen (secondary N) is 4. The lowest BCUT2D eigenvalue weighted by Crippen LogP contribution is -2.51. The highest BCUT2D eigenvalue weighted by molar-refractivity contribution is 5.87. The molecule has 6 rings (SSSR count). The fourth-order valence-corrected chi connectivity index (χ4v) is 7.12. The molecule has 2 aromatic carbocycles. The number of rotatable bonds is 8. The molecule has 0 radical (unpaired) electrons. The molecule has 4 N–H and O–H groups in total. The number of alkyl carbamates (subject to hydrolysis) is 2. The van der Waals surface area contributed by atoms with E-state index in [-0.39, 0.29) is 35.7 Å². The van der Waals surface area contributed by atoms with Crippen molar-refractivity contribution in [1.29, 1.82) is 0 Å². The maximum absolute atomic E-state index is 13.5. The molecule has 4 aromatic rings. The number of benzene rings is 2. The van der Waals surface area contributed by atoms with Gasteiger partial charge in [0, 0.05) is 24.2 Å². The molecule has 2 aliphatic rings. The maximum atomic E-state index is 13.5. The summed E-state index contributed by atoms with van der Waals surface area (Å²) in [5.41, 5.74) is 4.67. The van der Waals surface area contributed by atoms with Crippen LogP contribution >= 0.6 is 0 Å². The number of likely N-dealkylation sites (tertiary alicyclic amines) is 2. The van der Waals surface area contributed by atoms with Gasteiger partial charge >= 0.3 is 12.2 Å². The third-order valence-electron chi connectivity index (χ3n) is 9.96. The van der Waals surface area contributed by atoms with Crippen LogP contribution in [0.15, 0.2) is 36.4 Å². The number of ether oxygens (including phenoxy) is 2. The van der Waals surface area contributed by atoms with Crippen molar-refractivity contribution in [3.05, 3.63) is 59.2 Å². The summed E-state index contributed by atoms with van der Waals surface area (Å²) in [6, 6.07) is 9.52. The summed E-state index contributed by atoms with van der Waals surface area (Å²) in [5.74, 6) is 12.9. The number of aromatic amines is 2. The number of aromatic nitrogens is 4. The monoisotopic (exact) mass is 734 g/mol. The van der Waals surface area contributed by atoms with Gasteiger partial charge in [-0.1, -0.05) is 39.5 Å². The second-order valence-electron chi connectivity index (χ2n) is 14.3. The van der Waals surface area contributed by atoms with Crippen molar-refractivity contribution in [1.82, 2.24) is 40.4 Å². The van der Waals surface area contributed by atoms with E-state index in [1.54, 1.807) is 9.80 Å². The molecular formula is C40H46N8O6. The molecule has 0 aliphatic carbocycles. The molecule has 2 fully saturated rings. The smallest absolute Gasteiger partial charge is 0.407 e. The normalized spacial score (nSPS) is 17.9. The van der Waals surface area contributed by atoms with Gasteiger partial charge in [0.25, 0.3) is 0 Å². The SMILES string of the molecule is COC(=O)N[C@H](C(=O)N1CCCC1c1nc2ccc(C#CC#Cc3ccc4nc(C5CCCN5C(=O)[C@@H](NC(=O)OC)C(C)C)[nH]c4c3)cc2[nH]1)C(C)C. The third kappa shape index (κ3) is 8.13. The van der Waals surface area contributed by atoms with Crippen molar-refractivity contribution < 1.29 is 28.7 Å². The third-order valence-corrected chi connectivity index (χ3v) is 9.96. The zero-order valence-electron chi connectivity index (χ0n) is 31.4. The summed E-state index contributed by atoms with van der Waals surface area (Å²) < 4.78 is 9.48. The van der Waals surface area contributed by atoms with Gasteiger partial charge in [0.1, 0.15) is 23.7 Å². The number of hydrogen-bond donors (Lipinski definition) is 4. The molecule has 0 bridgehead atoms. The molecule has 14 heteroatoms. The van der Waals surface area contributed by atoms with E-state index in [2.05, 4.69) is 44.3 Å². The van der Waals surface area contributed by atoms with Crippen LogP contribution in [0.2, 0.25) is 0 Å². The molecule has 14 nitrogen and oxygen atoms in total. The van der Waals surface area contributed by atoms with Crippen LogP contribution in [0.5, 0.6) is 0 Å². The molecule has 54 heavy (non-hydrogen) atoms. The first-order chi connectivity index (χ1) is 26.0. The number of hydrogen-bond acceptors (Lipinski definition) is 8. The maximum Gasteiger partial charge on any atom is 0.407 e. The Morgan fingerprint density at radius 2 is 1.11 bits per heavy atom. The quantitative estimate of drug-likeness (QED) is 0.184. The minimum absolute atomic E-state index is 0.117. The lowest BCUT2D eigenvalue weighted by Gasteiger charge is -2.29. The van der Waals surface area contributed by atoms with E-state index >= 15 is 0 Å². The Labute approximate surface area is 314 Å². The van der Waals surface area contributed by atoms with Gasteiger partial charge in [-0.05, 0) is 85.8 Å². The Hall–Kier alpha value is -6.02. The predicted octanol–water partition coefficient (Wildman–Crippen LogP) is 4.93. The molecule has 2 aromatic heterocycles. The zero-order chi connectivity index (χ0) is 38.5. The fourth-order valence-electron chi connectivity index (χ4n) is 7.12. The highest BCUT2D eigenvalue weighted by Crippen LogP contribution is 2.34. The lowest BCUT2D eigenvalue weighted by molar-refractivity contribution is -0.136. The van der Waals surface area contributed by atoms with E-state index < -0.39 is 24.3 Å². The molecule has 282 valence electrons. The molecule has 2 unspecified atom stereocenters.